The molecule has 2 fully saturated rings. The third-order valence-corrected chi connectivity index (χ3v) is 5.97. The molecule has 26 heavy (non-hydrogen) atoms. The summed E-state index contributed by atoms with van der Waals surface area (Å²) in [5.74, 6) is 0. The second-order valence-corrected chi connectivity index (χ2v) is 8.01. The number of aromatic nitrogens is 2. The van der Waals surface area contributed by atoms with E-state index >= 15 is 0 Å². The molecule has 140 valence electrons. The van der Waals surface area contributed by atoms with Crippen LogP contribution in [0.4, 0.5) is 0 Å². The van der Waals surface area contributed by atoms with Gasteiger partial charge in [0.2, 0.25) is 0 Å². The van der Waals surface area contributed by atoms with Crippen molar-refractivity contribution in [3.05, 3.63) is 41.1 Å². The Morgan fingerprint density at radius 1 is 1.15 bits per heavy atom. The van der Waals surface area contributed by atoms with E-state index in [2.05, 4.69) is 52.0 Å². The molecule has 0 unspecified atom stereocenters. The molecule has 0 radical (unpaired) electrons. The Bertz CT molecular complexity index is 750. The van der Waals surface area contributed by atoms with Gasteiger partial charge in [0.15, 0.2) is 0 Å². The van der Waals surface area contributed by atoms with E-state index in [1.807, 2.05) is 6.20 Å². The molecule has 5 nitrogen and oxygen atoms in total. The van der Waals surface area contributed by atoms with Crippen molar-refractivity contribution in [2.24, 2.45) is 0 Å². The number of hydrogen-bond donors (Lipinski definition) is 2. The molecular weight excluding hydrogens is 324 g/mol. The number of likely N-dealkylation sites (tertiary alicyclic amines) is 2. The van der Waals surface area contributed by atoms with Gasteiger partial charge < -0.3 is 5.11 Å². The first-order valence-corrected chi connectivity index (χ1v) is 9.86. The summed E-state index contributed by atoms with van der Waals surface area (Å²) in [4.78, 5) is 4.87. The predicted molar refractivity (Wildman–Crippen MR) is 104 cm³/mol. The fourth-order valence-corrected chi connectivity index (χ4v) is 4.50. The zero-order valence-electron chi connectivity index (χ0n) is 15.9. The fraction of sp³-hybridized carbons (Fsp3) is 0.571. The average molecular weight is 354 g/mol. The first kappa shape index (κ1) is 17.7. The average Bonchev–Trinajstić information content (AvgIpc) is 3.24. The Morgan fingerprint density at radius 2 is 1.96 bits per heavy atom. The Morgan fingerprint density at radius 3 is 2.77 bits per heavy atom. The number of aryl methyl sites for hydroxylation is 2. The van der Waals surface area contributed by atoms with Crippen LogP contribution >= 0.6 is 0 Å². The molecule has 4 rings (SSSR count). The van der Waals surface area contributed by atoms with Crippen LogP contribution in [-0.4, -0.2) is 63.4 Å². The van der Waals surface area contributed by atoms with Crippen LogP contribution in [0.25, 0.3) is 11.3 Å². The van der Waals surface area contributed by atoms with Crippen LogP contribution in [0.5, 0.6) is 0 Å². The summed E-state index contributed by atoms with van der Waals surface area (Å²) < 4.78 is 0. The standard InChI is InChI=1S/C21H30N4O/c1-15-6-7-16(2)18(10-15)21-17(11-22-23-21)12-24-13-19(20(26)14-24)25-8-4-3-5-9-25/h6-7,10-11,19-20,26H,3-5,8-9,12-14H2,1-2H3,(H,22,23)/t19-,20-/m0/s1. The molecule has 0 amide bonds. The summed E-state index contributed by atoms with van der Waals surface area (Å²) in [6.45, 7) is 9.06. The van der Waals surface area contributed by atoms with Crippen molar-refractivity contribution in [3.63, 3.8) is 0 Å². The molecule has 0 saturated carbocycles. The van der Waals surface area contributed by atoms with Crippen LogP contribution in [-0.2, 0) is 6.54 Å². The van der Waals surface area contributed by atoms with Crippen LogP contribution in [0.15, 0.2) is 24.4 Å². The maximum absolute atomic E-state index is 10.6. The summed E-state index contributed by atoms with van der Waals surface area (Å²) in [6, 6.07) is 6.82. The molecular formula is C21H30N4O. The number of rotatable bonds is 4. The lowest BCUT2D eigenvalue weighted by molar-refractivity contribution is 0.0706. The molecule has 1 aromatic carbocycles. The van der Waals surface area contributed by atoms with Crippen molar-refractivity contribution in [1.82, 2.24) is 20.0 Å². The van der Waals surface area contributed by atoms with Gasteiger partial charge in [0, 0.05) is 36.8 Å². The molecule has 2 aliphatic heterocycles. The van der Waals surface area contributed by atoms with Crippen molar-refractivity contribution in [2.45, 2.75) is 51.8 Å². The molecule has 2 atom stereocenters. The van der Waals surface area contributed by atoms with Gasteiger partial charge in [-0.2, -0.15) is 5.10 Å². The molecule has 0 aliphatic carbocycles. The topological polar surface area (TPSA) is 55.4 Å². The maximum Gasteiger partial charge on any atom is 0.0834 e. The number of benzene rings is 1. The Labute approximate surface area is 156 Å². The highest BCUT2D eigenvalue weighted by Gasteiger charge is 2.36. The van der Waals surface area contributed by atoms with Crippen molar-refractivity contribution < 1.29 is 5.11 Å². The Kier molecular flexibility index (Phi) is 5.11. The normalized spacial score (nSPS) is 25.0. The summed E-state index contributed by atoms with van der Waals surface area (Å²) in [5, 5.41) is 18.1. The largest absolute Gasteiger partial charge is 0.390 e. The molecule has 3 heterocycles. The number of aromatic amines is 1. The number of nitrogens with zero attached hydrogens (tertiary/aromatic N) is 3. The van der Waals surface area contributed by atoms with Crippen molar-refractivity contribution in [2.75, 3.05) is 26.2 Å². The molecule has 0 spiro atoms. The number of H-pyrrole nitrogens is 1. The number of hydrogen-bond acceptors (Lipinski definition) is 4. The van der Waals surface area contributed by atoms with Gasteiger partial charge >= 0.3 is 0 Å². The summed E-state index contributed by atoms with van der Waals surface area (Å²) in [7, 11) is 0. The van der Waals surface area contributed by atoms with Gasteiger partial charge in [-0.25, -0.2) is 0 Å². The second-order valence-electron chi connectivity index (χ2n) is 8.01. The van der Waals surface area contributed by atoms with E-state index in [9.17, 15) is 5.11 Å². The quantitative estimate of drug-likeness (QED) is 0.886. The number of piperidine rings is 1. The number of β-amino-alcohol motifs (C(OH)–C–C–N with tert-alkyl or cyclic N) is 1. The third kappa shape index (κ3) is 3.56. The van der Waals surface area contributed by atoms with Gasteiger partial charge in [-0.15, -0.1) is 0 Å². The van der Waals surface area contributed by atoms with Gasteiger partial charge in [-0.1, -0.05) is 24.1 Å². The van der Waals surface area contributed by atoms with Gasteiger partial charge in [0.05, 0.1) is 18.0 Å². The third-order valence-electron chi connectivity index (χ3n) is 5.97. The Balaban J connectivity index is 1.49. The van der Waals surface area contributed by atoms with Crippen LogP contribution in [0, 0.1) is 13.8 Å². The highest BCUT2D eigenvalue weighted by atomic mass is 16.3. The molecule has 2 saturated heterocycles. The van der Waals surface area contributed by atoms with Crippen LogP contribution in [0.3, 0.4) is 0 Å². The van der Waals surface area contributed by atoms with E-state index < -0.39 is 0 Å². The van der Waals surface area contributed by atoms with Gasteiger partial charge in [0.1, 0.15) is 0 Å². The monoisotopic (exact) mass is 354 g/mol. The lowest BCUT2D eigenvalue weighted by atomic mass is 10.0. The van der Waals surface area contributed by atoms with Crippen LogP contribution in [0.1, 0.15) is 36.0 Å². The lowest BCUT2D eigenvalue weighted by Gasteiger charge is -2.33. The van der Waals surface area contributed by atoms with E-state index in [1.165, 1.54) is 41.5 Å². The van der Waals surface area contributed by atoms with Crippen molar-refractivity contribution in [3.8, 4) is 11.3 Å². The lowest BCUT2D eigenvalue weighted by Crippen LogP contribution is -2.45. The number of aliphatic hydroxyl groups is 1. The fourth-order valence-electron chi connectivity index (χ4n) is 4.50. The molecule has 2 N–H and O–H groups in total. The summed E-state index contributed by atoms with van der Waals surface area (Å²) in [5.41, 5.74) is 6.07. The zero-order valence-corrected chi connectivity index (χ0v) is 15.9. The molecule has 5 heteroatoms. The Hall–Kier alpha value is -1.69. The van der Waals surface area contributed by atoms with Gasteiger partial charge in [-0.05, 0) is 51.4 Å². The SMILES string of the molecule is Cc1ccc(C)c(-c2[nH]ncc2CN2C[C@H](O)[C@@H](N3CCCCC3)C2)c1. The van der Waals surface area contributed by atoms with Gasteiger partial charge in [0.25, 0.3) is 0 Å². The van der Waals surface area contributed by atoms with Crippen LogP contribution in [0.2, 0.25) is 0 Å². The van der Waals surface area contributed by atoms with E-state index in [-0.39, 0.29) is 12.1 Å². The van der Waals surface area contributed by atoms with E-state index in [4.69, 9.17) is 0 Å². The second kappa shape index (κ2) is 7.51. The molecule has 1 aromatic heterocycles. The van der Waals surface area contributed by atoms with Crippen molar-refractivity contribution >= 4 is 0 Å². The maximum atomic E-state index is 10.6. The van der Waals surface area contributed by atoms with E-state index in [1.54, 1.807) is 0 Å². The number of aliphatic hydroxyl groups excluding tert-OH is 1. The minimum Gasteiger partial charge on any atom is -0.390 e. The molecule has 2 aliphatic rings. The zero-order chi connectivity index (χ0) is 18.1. The summed E-state index contributed by atoms with van der Waals surface area (Å²) >= 11 is 0. The van der Waals surface area contributed by atoms with E-state index in [0.29, 0.717) is 0 Å². The highest BCUT2D eigenvalue weighted by Crippen LogP contribution is 2.28. The summed E-state index contributed by atoms with van der Waals surface area (Å²) in [6.07, 6.45) is 5.56. The molecule has 2 aromatic rings. The number of nitrogens with one attached hydrogen (secondary N) is 1. The highest BCUT2D eigenvalue weighted by molar-refractivity contribution is 5.67. The van der Waals surface area contributed by atoms with Crippen molar-refractivity contribution in [1.29, 1.82) is 0 Å². The minimum absolute atomic E-state index is 0.246. The van der Waals surface area contributed by atoms with E-state index in [0.717, 1.165) is 38.4 Å². The predicted octanol–water partition coefficient (Wildman–Crippen LogP) is 2.72. The first-order chi connectivity index (χ1) is 12.6. The smallest absolute Gasteiger partial charge is 0.0834 e. The minimum atomic E-state index is -0.246. The first-order valence-electron chi connectivity index (χ1n) is 9.86. The van der Waals surface area contributed by atoms with Crippen LogP contribution < -0.4 is 0 Å². The molecule has 0 bridgehead atoms. The van der Waals surface area contributed by atoms with Gasteiger partial charge in [-0.3, -0.25) is 14.9 Å².